The molecular weight excluding hydrogens is 366 g/mol. The molecule has 0 amide bonds. The van der Waals surface area contributed by atoms with Crippen LogP contribution in [0.2, 0.25) is 0 Å². The predicted molar refractivity (Wildman–Crippen MR) is 101 cm³/mol. The standard InChI is InChI=1S/C19H15N3O6/c1-21(2)14-5-3-11(8-15(14)22(24)25)7-13-19(23)28-18(20-13)12-4-6-16-17(9-12)27-10-26-16/h3-9H,10H2,1-2H3/b13-7-. The van der Waals surface area contributed by atoms with Gasteiger partial charge in [-0.15, -0.1) is 0 Å². The Kier molecular flexibility index (Phi) is 4.19. The van der Waals surface area contributed by atoms with Crippen LogP contribution in [-0.2, 0) is 9.53 Å². The van der Waals surface area contributed by atoms with Gasteiger partial charge < -0.3 is 19.1 Å². The van der Waals surface area contributed by atoms with Crippen LogP contribution < -0.4 is 14.4 Å². The molecule has 0 spiro atoms. The molecule has 9 heteroatoms. The molecule has 0 N–H and O–H groups in total. The van der Waals surface area contributed by atoms with Crippen LogP contribution in [0.15, 0.2) is 47.1 Å². The van der Waals surface area contributed by atoms with E-state index in [9.17, 15) is 14.9 Å². The number of esters is 1. The fourth-order valence-electron chi connectivity index (χ4n) is 2.87. The maximum atomic E-state index is 12.2. The number of fused-ring (bicyclic) bond motifs is 1. The van der Waals surface area contributed by atoms with Gasteiger partial charge in [0, 0.05) is 25.7 Å². The van der Waals surface area contributed by atoms with Crippen molar-refractivity contribution in [3.05, 3.63) is 63.3 Å². The van der Waals surface area contributed by atoms with Crippen LogP contribution >= 0.6 is 0 Å². The molecule has 2 aromatic carbocycles. The Morgan fingerprint density at radius 1 is 1.14 bits per heavy atom. The zero-order chi connectivity index (χ0) is 19.8. The molecular formula is C19H15N3O6. The second kappa shape index (κ2) is 6.69. The van der Waals surface area contributed by atoms with Crippen molar-refractivity contribution in [1.82, 2.24) is 0 Å². The van der Waals surface area contributed by atoms with Crippen LogP contribution in [0.1, 0.15) is 11.1 Å². The number of benzene rings is 2. The van der Waals surface area contributed by atoms with Crippen LogP contribution in [0.3, 0.4) is 0 Å². The van der Waals surface area contributed by atoms with Crippen LogP contribution in [0, 0.1) is 10.1 Å². The zero-order valence-corrected chi connectivity index (χ0v) is 15.0. The average Bonchev–Trinajstić information content (AvgIpc) is 3.27. The van der Waals surface area contributed by atoms with Gasteiger partial charge in [0.15, 0.2) is 17.2 Å². The number of rotatable bonds is 4. The minimum atomic E-state index is -0.632. The third-order valence-corrected chi connectivity index (χ3v) is 4.22. The number of carbonyl (C=O) groups excluding carboxylic acids is 1. The number of aliphatic imine (C=N–C) groups is 1. The summed E-state index contributed by atoms with van der Waals surface area (Å²) in [6.45, 7) is 0.137. The number of hydrogen-bond donors (Lipinski definition) is 0. The van der Waals surface area contributed by atoms with Gasteiger partial charge in [-0.1, -0.05) is 6.07 Å². The van der Waals surface area contributed by atoms with Crippen molar-refractivity contribution >= 4 is 29.3 Å². The van der Waals surface area contributed by atoms with Crippen molar-refractivity contribution < 1.29 is 23.9 Å². The maximum absolute atomic E-state index is 12.2. The summed E-state index contributed by atoms with van der Waals surface area (Å²) in [7, 11) is 3.44. The third-order valence-electron chi connectivity index (χ3n) is 4.22. The molecule has 0 saturated carbocycles. The second-order valence-corrected chi connectivity index (χ2v) is 6.30. The Hall–Kier alpha value is -3.88. The summed E-state index contributed by atoms with van der Waals surface area (Å²) < 4.78 is 15.8. The van der Waals surface area contributed by atoms with Crippen LogP contribution in [0.25, 0.3) is 6.08 Å². The van der Waals surface area contributed by atoms with E-state index in [1.807, 2.05) is 0 Å². The summed E-state index contributed by atoms with van der Waals surface area (Å²) in [6, 6.07) is 9.78. The van der Waals surface area contributed by atoms with Crippen molar-refractivity contribution in [2.24, 2.45) is 4.99 Å². The van der Waals surface area contributed by atoms with E-state index in [2.05, 4.69) is 4.99 Å². The number of anilines is 1. The topological polar surface area (TPSA) is 104 Å². The van der Waals surface area contributed by atoms with E-state index in [0.29, 0.717) is 28.3 Å². The van der Waals surface area contributed by atoms with E-state index in [0.717, 1.165) is 0 Å². The van der Waals surface area contributed by atoms with Crippen LogP contribution in [0.5, 0.6) is 11.5 Å². The highest BCUT2D eigenvalue weighted by Crippen LogP contribution is 2.34. The van der Waals surface area contributed by atoms with Crippen molar-refractivity contribution in [3.8, 4) is 11.5 Å². The Bertz CT molecular complexity index is 1060. The number of nitro benzene ring substituents is 1. The van der Waals surface area contributed by atoms with Crippen molar-refractivity contribution in [3.63, 3.8) is 0 Å². The molecule has 2 aliphatic heterocycles. The first-order valence-corrected chi connectivity index (χ1v) is 8.31. The average molecular weight is 381 g/mol. The van der Waals surface area contributed by atoms with Gasteiger partial charge in [0.2, 0.25) is 12.7 Å². The van der Waals surface area contributed by atoms with Gasteiger partial charge in [-0.2, -0.15) is 0 Å². The van der Waals surface area contributed by atoms with Crippen molar-refractivity contribution in [1.29, 1.82) is 0 Å². The van der Waals surface area contributed by atoms with Crippen molar-refractivity contribution in [2.75, 3.05) is 25.8 Å². The smallest absolute Gasteiger partial charge is 0.363 e. The van der Waals surface area contributed by atoms with E-state index in [-0.39, 0.29) is 24.1 Å². The van der Waals surface area contributed by atoms with E-state index in [4.69, 9.17) is 14.2 Å². The van der Waals surface area contributed by atoms with Gasteiger partial charge in [-0.3, -0.25) is 10.1 Å². The molecule has 4 rings (SSSR count). The minimum Gasteiger partial charge on any atom is -0.454 e. The van der Waals surface area contributed by atoms with Gasteiger partial charge in [0.1, 0.15) is 5.69 Å². The van der Waals surface area contributed by atoms with E-state index in [1.54, 1.807) is 49.3 Å². The molecule has 0 fully saturated rings. The van der Waals surface area contributed by atoms with Crippen LogP contribution in [0.4, 0.5) is 11.4 Å². The number of nitrogens with zero attached hydrogens (tertiary/aromatic N) is 3. The van der Waals surface area contributed by atoms with Gasteiger partial charge in [-0.25, -0.2) is 9.79 Å². The molecule has 0 radical (unpaired) electrons. The van der Waals surface area contributed by atoms with Crippen LogP contribution in [-0.4, -0.2) is 37.7 Å². The van der Waals surface area contributed by atoms with E-state index < -0.39 is 10.9 Å². The highest BCUT2D eigenvalue weighted by molar-refractivity contribution is 6.13. The molecule has 0 unspecified atom stereocenters. The highest BCUT2D eigenvalue weighted by Gasteiger charge is 2.26. The van der Waals surface area contributed by atoms with E-state index in [1.165, 1.54) is 12.1 Å². The Labute approximate surface area is 159 Å². The molecule has 0 saturated heterocycles. The quantitative estimate of drug-likeness (QED) is 0.347. The molecule has 0 aliphatic carbocycles. The SMILES string of the molecule is CN(C)c1ccc(/C=C2\N=C(c3ccc4c(c3)OCO4)OC2=O)cc1[N+](=O)[O-]. The maximum Gasteiger partial charge on any atom is 0.363 e. The normalized spacial score (nSPS) is 16.1. The number of nitro groups is 1. The summed E-state index contributed by atoms with van der Waals surface area (Å²) >= 11 is 0. The fraction of sp³-hybridized carbons (Fsp3) is 0.158. The first-order valence-electron chi connectivity index (χ1n) is 8.31. The number of cyclic esters (lactones) is 1. The molecule has 0 bridgehead atoms. The molecule has 0 aromatic heterocycles. The Morgan fingerprint density at radius 2 is 1.93 bits per heavy atom. The summed E-state index contributed by atoms with van der Waals surface area (Å²) in [5.74, 6) is 0.655. The first-order chi connectivity index (χ1) is 13.4. The predicted octanol–water partition coefficient (Wildman–Crippen LogP) is 2.73. The summed E-state index contributed by atoms with van der Waals surface area (Å²) in [5, 5.41) is 11.3. The summed E-state index contributed by atoms with van der Waals surface area (Å²) in [6.07, 6.45) is 1.45. The summed E-state index contributed by atoms with van der Waals surface area (Å²) in [5.41, 5.74) is 1.49. The first kappa shape index (κ1) is 17.5. The fourth-order valence-corrected chi connectivity index (χ4v) is 2.87. The van der Waals surface area contributed by atoms with E-state index >= 15 is 0 Å². The molecule has 0 atom stereocenters. The molecule has 142 valence electrons. The molecule has 2 heterocycles. The number of carbonyl (C=O) groups is 1. The lowest BCUT2D eigenvalue weighted by molar-refractivity contribution is -0.384. The number of hydrogen-bond acceptors (Lipinski definition) is 8. The monoisotopic (exact) mass is 381 g/mol. The molecule has 2 aromatic rings. The lowest BCUT2D eigenvalue weighted by Gasteiger charge is -2.12. The molecule has 28 heavy (non-hydrogen) atoms. The zero-order valence-electron chi connectivity index (χ0n) is 15.0. The molecule has 2 aliphatic rings. The Morgan fingerprint density at radius 3 is 2.68 bits per heavy atom. The van der Waals surface area contributed by atoms with Gasteiger partial charge in [0.05, 0.1) is 4.92 Å². The molecule has 9 nitrogen and oxygen atoms in total. The Balaban J connectivity index is 1.67. The number of ether oxygens (including phenoxy) is 3. The minimum absolute atomic E-state index is 0.0552. The summed E-state index contributed by atoms with van der Waals surface area (Å²) in [4.78, 5) is 28.9. The van der Waals surface area contributed by atoms with Gasteiger partial charge in [0.25, 0.3) is 5.69 Å². The van der Waals surface area contributed by atoms with Gasteiger partial charge in [-0.05, 0) is 35.9 Å². The van der Waals surface area contributed by atoms with Gasteiger partial charge >= 0.3 is 5.97 Å². The third kappa shape index (κ3) is 3.13. The largest absolute Gasteiger partial charge is 0.454 e. The van der Waals surface area contributed by atoms with Crippen molar-refractivity contribution in [2.45, 2.75) is 0 Å². The lowest BCUT2D eigenvalue weighted by Crippen LogP contribution is -2.11. The lowest BCUT2D eigenvalue weighted by atomic mass is 10.1. The highest BCUT2D eigenvalue weighted by atomic mass is 16.7. The second-order valence-electron chi connectivity index (χ2n) is 6.30.